The fourth-order valence-electron chi connectivity index (χ4n) is 4.25. The summed E-state index contributed by atoms with van der Waals surface area (Å²) in [4.78, 5) is 11.4. The highest BCUT2D eigenvalue weighted by Crippen LogP contribution is 2.44. The van der Waals surface area contributed by atoms with E-state index < -0.39 is 45.0 Å². The summed E-state index contributed by atoms with van der Waals surface area (Å²) in [6.45, 7) is 1.53. The molecule has 34 heavy (non-hydrogen) atoms. The van der Waals surface area contributed by atoms with Gasteiger partial charge in [0, 0.05) is 31.1 Å². The van der Waals surface area contributed by atoms with E-state index in [9.17, 15) is 26.0 Å². The van der Waals surface area contributed by atoms with Gasteiger partial charge in [0.2, 0.25) is 15.0 Å². The summed E-state index contributed by atoms with van der Waals surface area (Å²) in [6, 6.07) is 4.05. The molecule has 182 valence electrons. The van der Waals surface area contributed by atoms with Gasteiger partial charge in [-0.1, -0.05) is 11.2 Å². The summed E-state index contributed by atoms with van der Waals surface area (Å²) in [5, 5.41) is 1.68. The number of halogens is 4. The summed E-state index contributed by atoms with van der Waals surface area (Å²) in [6.07, 6.45) is -0.877. The fourth-order valence-corrected chi connectivity index (χ4v) is 5.72. The summed E-state index contributed by atoms with van der Waals surface area (Å²) < 4.78 is 84.1. The lowest BCUT2D eigenvalue weighted by Crippen LogP contribution is -2.45. The molecule has 3 atom stereocenters. The zero-order chi connectivity index (χ0) is 24.3. The maximum absolute atomic E-state index is 14.6. The molecule has 2 aliphatic heterocycles. The Labute approximate surface area is 193 Å². The number of amidine groups is 1. The molecule has 3 heterocycles. The number of nitrogens with zero attached hydrogens (tertiary/aromatic N) is 3. The lowest BCUT2D eigenvalue weighted by molar-refractivity contribution is 0.0828. The summed E-state index contributed by atoms with van der Waals surface area (Å²) >= 11 is 0. The van der Waals surface area contributed by atoms with Crippen LogP contribution >= 0.6 is 0 Å². The summed E-state index contributed by atoms with van der Waals surface area (Å²) in [5.74, 6) is -1.15. The van der Waals surface area contributed by atoms with Crippen molar-refractivity contribution in [1.29, 1.82) is 0 Å². The van der Waals surface area contributed by atoms with Crippen molar-refractivity contribution in [3.63, 3.8) is 0 Å². The predicted molar refractivity (Wildman–Crippen MR) is 116 cm³/mol. The number of oxime groups is 1. The second-order valence-electron chi connectivity index (χ2n) is 8.88. The average Bonchev–Trinajstić information content (AvgIpc) is 3.20. The van der Waals surface area contributed by atoms with Crippen molar-refractivity contribution in [2.75, 3.05) is 13.1 Å². The molecule has 1 aliphatic carbocycles. The molecule has 0 spiro atoms. The van der Waals surface area contributed by atoms with Crippen LogP contribution < -0.4 is 4.72 Å². The maximum atomic E-state index is 14.6. The molecule has 1 saturated carbocycles. The van der Waals surface area contributed by atoms with Gasteiger partial charge in [0.25, 0.3) is 0 Å². The first-order valence-electron chi connectivity index (χ1n) is 10.8. The topological polar surface area (TPSA) is 83.9 Å². The average molecular weight is 499 g/mol. The molecule has 0 radical (unpaired) electrons. The molecule has 2 aromatic rings. The fraction of sp³-hybridized carbons (Fsp3) is 0.455. The summed E-state index contributed by atoms with van der Waals surface area (Å²) in [5.41, 5.74) is 0.960. The number of nitrogens with one attached hydrogen (secondary N) is 1. The minimum Gasteiger partial charge on any atom is -0.384 e. The quantitative estimate of drug-likeness (QED) is 0.638. The van der Waals surface area contributed by atoms with E-state index in [-0.39, 0.29) is 49.2 Å². The van der Waals surface area contributed by atoms with E-state index in [4.69, 9.17) is 4.84 Å². The van der Waals surface area contributed by atoms with Crippen LogP contribution in [0, 0.1) is 18.6 Å². The number of sulfonamides is 1. The molecule has 2 fully saturated rings. The second kappa shape index (κ2) is 8.19. The van der Waals surface area contributed by atoms with Crippen LogP contribution in [0.25, 0.3) is 11.1 Å². The van der Waals surface area contributed by atoms with E-state index in [2.05, 4.69) is 14.9 Å². The Morgan fingerprint density at radius 2 is 1.91 bits per heavy atom. The van der Waals surface area contributed by atoms with Crippen LogP contribution in [0.1, 0.15) is 36.6 Å². The Balaban J connectivity index is 1.33. The number of aryl methyl sites for hydroxylation is 1. The third-order valence-corrected chi connectivity index (χ3v) is 8.27. The molecule has 1 aromatic carbocycles. The van der Waals surface area contributed by atoms with Gasteiger partial charge in [-0.3, -0.25) is 4.98 Å². The van der Waals surface area contributed by atoms with E-state index in [0.29, 0.717) is 11.4 Å². The molecule has 5 rings (SSSR count). The normalized spacial score (nSPS) is 25.9. The molecule has 3 aliphatic rings. The van der Waals surface area contributed by atoms with Gasteiger partial charge in [-0.2, -0.15) is 0 Å². The highest BCUT2D eigenvalue weighted by atomic mass is 32.2. The van der Waals surface area contributed by atoms with Gasteiger partial charge in [0.1, 0.15) is 23.6 Å². The first-order valence-corrected chi connectivity index (χ1v) is 12.3. The molecule has 1 N–H and O–H groups in total. The van der Waals surface area contributed by atoms with Crippen molar-refractivity contribution >= 4 is 15.9 Å². The van der Waals surface area contributed by atoms with Gasteiger partial charge in [0.15, 0.2) is 6.10 Å². The van der Waals surface area contributed by atoms with E-state index >= 15 is 0 Å². The molecule has 0 unspecified atom stereocenters. The van der Waals surface area contributed by atoms with Crippen LogP contribution in [0.15, 0.2) is 35.6 Å². The minimum atomic E-state index is -4.29. The second-order valence-corrected chi connectivity index (χ2v) is 10.9. The predicted octanol–water partition coefficient (Wildman–Crippen LogP) is 3.51. The van der Waals surface area contributed by atoms with Crippen molar-refractivity contribution < 1.29 is 30.8 Å². The first kappa shape index (κ1) is 23.0. The van der Waals surface area contributed by atoms with Crippen LogP contribution in [0.3, 0.4) is 0 Å². The Bertz CT molecular complexity index is 1250. The number of hydrogen-bond acceptors (Lipinski definition) is 6. The third-order valence-electron chi connectivity index (χ3n) is 6.29. The Kier molecular flexibility index (Phi) is 5.55. The molecular weight excluding hydrogens is 476 g/mol. The number of pyridine rings is 1. The zero-order valence-electron chi connectivity index (χ0n) is 18.1. The van der Waals surface area contributed by atoms with E-state index in [1.165, 1.54) is 11.0 Å². The number of hydrogen-bond donors (Lipinski definition) is 1. The Morgan fingerprint density at radius 1 is 1.21 bits per heavy atom. The van der Waals surface area contributed by atoms with Gasteiger partial charge < -0.3 is 9.74 Å². The van der Waals surface area contributed by atoms with Crippen molar-refractivity contribution in [3.05, 3.63) is 53.4 Å². The lowest BCUT2D eigenvalue weighted by Gasteiger charge is -2.18. The van der Waals surface area contributed by atoms with Crippen LogP contribution in [0.5, 0.6) is 0 Å². The minimum absolute atomic E-state index is 0.0541. The number of alkyl halides is 2. The van der Waals surface area contributed by atoms with Gasteiger partial charge >= 0.3 is 0 Å². The molecule has 7 nitrogen and oxygen atoms in total. The first-order chi connectivity index (χ1) is 16.1. The van der Waals surface area contributed by atoms with Crippen LogP contribution in [-0.4, -0.2) is 54.4 Å². The number of rotatable bonds is 5. The maximum Gasteiger partial charge on any atom is 0.247 e. The van der Waals surface area contributed by atoms with Gasteiger partial charge in [-0.25, -0.2) is 30.7 Å². The molecule has 1 aromatic heterocycles. The molecule has 0 bridgehead atoms. The number of likely N-dealkylation sites (tertiary alicyclic amines) is 1. The Morgan fingerprint density at radius 3 is 2.59 bits per heavy atom. The summed E-state index contributed by atoms with van der Waals surface area (Å²) in [7, 11) is -4.29. The largest absolute Gasteiger partial charge is 0.384 e. The Hall–Kier alpha value is -2.73. The molecule has 1 saturated heterocycles. The van der Waals surface area contributed by atoms with Crippen LogP contribution in [-0.2, 0) is 14.9 Å². The van der Waals surface area contributed by atoms with E-state index in [0.717, 1.165) is 12.1 Å². The van der Waals surface area contributed by atoms with E-state index in [1.807, 2.05) is 0 Å². The van der Waals surface area contributed by atoms with Gasteiger partial charge in [-0.15, -0.1) is 0 Å². The zero-order valence-corrected chi connectivity index (χ0v) is 19.0. The van der Waals surface area contributed by atoms with Crippen molar-refractivity contribution in [2.24, 2.45) is 5.16 Å². The van der Waals surface area contributed by atoms with Crippen molar-refractivity contribution in [2.45, 2.75) is 49.5 Å². The smallest absolute Gasteiger partial charge is 0.247 e. The van der Waals surface area contributed by atoms with Gasteiger partial charge in [0.05, 0.1) is 30.3 Å². The SMILES string of the molecule is Cc1cnc([C@@H]2CC(N3C[C@@H](F)[C@@H](NS(=O)(=O)C4(F)CC4)C3)=NO2)c(-c2c(F)cccc2F)c1. The molecule has 12 heteroatoms. The highest BCUT2D eigenvalue weighted by molar-refractivity contribution is 7.91. The van der Waals surface area contributed by atoms with Gasteiger partial charge in [-0.05, 0) is 30.7 Å². The van der Waals surface area contributed by atoms with Crippen molar-refractivity contribution in [1.82, 2.24) is 14.6 Å². The molecular formula is C22H22F4N4O3S. The van der Waals surface area contributed by atoms with Crippen LogP contribution in [0.2, 0.25) is 0 Å². The standard InChI is InChI=1S/C22H22F4N4O3S/c1-12-7-13(20-14(23)3-2-4-15(20)24)21(27-9-12)18-8-19(28-33-18)30-10-16(25)17(11-30)29-34(31,32)22(26)5-6-22/h2-4,7,9,16-18,29H,5-6,8,10-11H2,1H3/t16-,17+,18+/m1/s1. The lowest BCUT2D eigenvalue weighted by atomic mass is 9.97. The molecule has 0 amide bonds. The third kappa shape index (κ3) is 4.02. The highest BCUT2D eigenvalue weighted by Gasteiger charge is 2.57. The van der Waals surface area contributed by atoms with E-state index in [1.54, 1.807) is 19.2 Å². The number of aromatic nitrogens is 1. The van der Waals surface area contributed by atoms with Crippen molar-refractivity contribution in [3.8, 4) is 11.1 Å². The van der Waals surface area contributed by atoms with Crippen LogP contribution in [0.4, 0.5) is 17.6 Å². The monoisotopic (exact) mass is 498 g/mol. The number of benzene rings is 1.